The largest absolute Gasteiger partial charge is 0.492 e. The highest BCUT2D eigenvalue weighted by atomic mass is 16.5. The van der Waals surface area contributed by atoms with E-state index in [9.17, 15) is 9.59 Å². The van der Waals surface area contributed by atoms with Crippen molar-refractivity contribution >= 4 is 11.9 Å². The fourth-order valence-corrected chi connectivity index (χ4v) is 2.39. The molecule has 120 valence electrons. The fourth-order valence-electron chi connectivity index (χ4n) is 2.39. The van der Waals surface area contributed by atoms with E-state index in [2.05, 4.69) is 0 Å². The number of carboxylic acids is 1. The van der Waals surface area contributed by atoms with Crippen molar-refractivity contribution in [3.63, 3.8) is 0 Å². The average Bonchev–Trinajstić information content (AvgIpc) is 2.80. The second-order valence-corrected chi connectivity index (χ2v) is 5.81. The van der Waals surface area contributed by atoms with E-state index in [1.165, 1.54) is 0 Å². The summed E-state index contributed by atoms with van der Waals surface area (Å²) >= 11 is 0. The van der Waals surface area contributed by atoms with Gasteiger partial charge in [0.15, 0.2) is 0 Å². The maximum atomic E-state index is 11.9. The molecule has 1 fully saturated rings. The van der Waals surface area contributed by atoms with Crippen LogP contribution < -0.4 is 4.74 Å². The number of likely N-dealkylation sites (tertiary alicyclic amines) is 1. The van der Waals surface area contributed by atoms with Crippen LogP contribution in [-0.2, 0) is 16.1 Å². The summed E-state index contributed by atoms with van der Waals surface area (Å²) in [5, 5.41) is 9.00. The second-order valence-electron chi connectivity index (χ2n) is 5.81. The Balaban J connectivity index is 1.93. The molecule has 6 heteroatoms. The Morgan fingerprint density at radius 3 is 2.86 bits per heavy atom. The molecule has 1 aliphatic rings. The molecule has 0 aromatic heterocycles. The van der Waals surface area contributed by atoms with Crippen molar-refractivity contribution in [1.29, 1.82) is 0 Å². The Hall–Kier alpha value is -2.08. The first-order valence-electron chi connectivity index (χ1n) is 7.33. The van der Waals surface area contributed by atoms with Crippen molar-refractivity contribution in [3.8, 4) is 5.75 Å². The van der Waals surface area contributed by atoms with Crippen LogP contribution in [0.1, 0.15) is 12.0 Å². The van der Waals surface area contributed by atoms with Gasteiger partial charge in [-0.25, -0.2) is 0 Å². The van der Waals surface area contributed by atoms with Crippen molar-refractivity contribution in [2.24, 2.45) is 5.92 Å². The summed E-state index contributed by atoms with van der Waals surface area (Å²) in [7, 11) is 3.97. The maximum absolute atomic E-state index is 11.9. The van der Waals surface area contributed by atoms with Gasteiger partial charge < -0.3 is 19.6 Å². The Morgan fingerprint density at radius 1 is 1.45 bits per heavy atom. The summed E-state index contributed by atoms with van der Waals surface area (Å²) in [6.45, 7) is 2.13. The molecule has 0 bridgehead atoms. The first-order chi connectivity index (χ1) is 10.5. The first kappa shape index (κ1) is 16.3. The van der Waals surface area contributed by atoms with Crippen molar-refractivity contribution in [2.75, 3.05) is 33.8 Å². The SMILES string of the molecule is CN(C)CCOc1cccc(CN2CC(C(=O)O)CC2=O)c1. The quantitative estimate of drug-likeness (QED) is 0.816. The summed E-state index contributed by atoms with van der Waals surface area (Å²) in [5.41, 5.74) is 0.946. The smallest absolute Gasteiger partial charge is 0.308 e. The van der Waals surface area contributed by atoms with Crippen molar-refractivity contribution in [1.82, 2.24) is 9.80 Å². The van der Waals surface area contributed by atoms with E-state index in [1.807, 2.05) is 43.3 Å². The van der Waals surface area contributed by atoms with E-state index in [1.54, 1.807) is 4.90 Å². The van der Waals surface area contributed by atoms with Crippen molar-refractivity contribution in [3.05, 3.63) is 29.8 Å². The lowest BCUT2D eigenvalue weighted by atomic mass is 10.1. The number of carboxylic acid groups (broad SMARTS) is 1. The van der Waals surface area contributed by atoms with Gasteiger partial charge in [0, 0.05) is 26.1 Å². The molecule has 1 aromatic carbocycles. The zero-order valence-electron chi connectivity index (χ0n) is 13.0. The Bertz CT molecular complexity index is 545. The minimum Gasteiger partial charge on any atom is -0.492 e. The van der Waals surface area contributed by atoms with E-state index < -0.39 is 11.9 Å². The van der Waals surface area contributed by atoms with Gasteiger partial charge in [-0.05, 0) is 31.8 Å². The van der Waals surface area contributed by atoms with Crippen LogP contribution in [0.15, 0.2) is 24.3 Å². The van der Waals surface area contributed by atoms with Gasteiger partial charge in [0.1, 0.15) is 12.4 Å². The number of hydrogen-bond donors (Lipinski definition) is 1. The molecule has 1 heterocycles. The lowest BCUT2D eigenvalue weighted by Crippen LogP contribution is -2.25. The molecule has 1 unspecified atom stereocenters. The molecule has 1 N–H and O–H groups in total. The zero-order valence-corrected chi connectivity index (χ0v) is 13.0. The normalized spacial score (nSPS) is 18.0. The topological polar surface area (TPSA) is 70.1 Å². The third-order valence-corrected chi connectivity index (χ3v) is 3.64. The molecule has 0 radical (unpaired) electrons. The Labute approximate surface area is 130 Å². The van der Waals surface area contributed by atoms with Crippen LogP contribution in [0.25, 0.3) is 0 Å². The molecule has 0 saturated carbocycles. The summed E-state index contributed by atoms with van der Waals surface area (Å²) in [6.07, 6.45) is 0.0916. The third-order valence-electron chi connectivity index (χ3n) is 3.64. The molecular formula is C16H22N2O4. The highest BCUT2D eigenvalue weighted by Crippen LogP contribution is 2.22. The molecule has 0 spiro atoms. The first-order valence-corrected chi connectivity index (χ1v) is 7.33. The zero-order chi connectivity index (χ0) is 16.1. The van der Waals surface area contributed by atoms with Gasteiger partial charge in [0.25, 0.3) is 0 Å². The van der Waals surface area contributed by atoms with Crippen LogP contribution in [0, 0.1) is 5.92 Å². The molecule has 1 atom stereocenters. The number of amides is 1. The Morgan fingerprint density at radius 2 is 2.23 bits per heavy atom. The van der Waals surface area contributed by atoms with E-state index >= 15 is 0 Å². The van der Waals surface area contributed by atoms with Crippen molar-refractivity contribution in [2.45, 2.75) is 13.0 Å². The van der Waals surface area contributed by atoms with E-state index in [-0.39, 0.29) is 18.9 Å². The third kappa shape index (κ3) is 4.46. The number of hydrogen-bond acceptors (Lipinski definition) is 4. The van der Waals surface area contributed by atoms with Crippen LogP contribution in [0.2, 0.25) is 0 Å². The molecule has 1 aliphatic heterocycles. The molecule has 1 amide bonds. The Kier molecular flexibility index (Phi) is 5.38. The molecule has 22 heavy (non-hydrogen) atoms. The number of carbonyl (C=O) groups is 2. The number of likely N-dealkylation sites (N-methyl/N-ethyl adjacent to an activating group) is 1. The number of rotatable bonds is 7. The highest BCUT2D eigenvalue weighted by Gasteiger charge is 2.34. The molecular weight excluding hydrogens is 284 g/mol. The predicted molar refractivity (Wildman–Crippen MR) is 81.7 cm³/mol. The summed E-state index contributed by atoms with van der Waals surface area (Å²) in [4.78, 5) is 26.5. The summed E-state index contributed by atoms with van der Waals surface area (Å²) in [5.74, 6) is -0.837. The van der Waals surface area contributed by atoms with Crippen molar-refractivity contribution < 1.29 is 19.4 Å². The standard InChI is InChI=1S/C16H22N2O4/c1-17(2)6-7-22-14-5-3-4-12(8-14)10-18-11-13(16(20)21)9-15(18)19/h3-5,8,13H,6-7,9-11H2,1-2H3,(H,20,21). The minimum atomic E-state index is -0.906. The van der Waals surface area contributed by atoms with Gasteiger partial charge in [0.05, 0.1) is 5.92 Å². The minimum absolute atomic E-state index is 0.0916. The van der Waals surface area contributed by atoms with Crippen LogP contribution in [0.4, 0.5) is 0 Å². The summed E-state index contributed by atoms with van der Waals surface area (Å²) < 4.78 is 5.67. The van der Waals surface area contributed by atoms with Crippen LogP contribution in [0.5, 0.6) is 5.75 Å². The lowest BCUT2D eigenvalue weighted by molar-refractivity contribution is -0.141. The van der Waals surface area contributed by atoms with Crippen LogP contribution >= 0.6 is 0 Å². The van der Waals surface area contributed by atoms with Crippen LogP contribution in [-0.4, -0.2) is 60.6 Å². The monoisotopic (exact) mass is 306 g/mol. The maximum Gasteiger partial charge on any atom is 0.308 e. The molecule has 2 rings (SSSR count). The van der Waals surface area contributed by atoms with E-state index in [4.69, 9.17) is 9.84 Å². The number of aliphatic carboxylic acids is 1. The second kappa shape index (κ2) is 7.26. The number of carbonyl (C=O) groups excluding carboxylic acids is 1. The van der Waals surface area contributed by atoms with Gasteiger partial charge in [-0.15, -0.1) is 0 Å². The van der Waals surface area contributed by atoms with Gasteiger partial charge >= 0.3 is 5.97 Å². The van der Waals surface area contributed by atoms with Gasteiger partial charge in [-0.2, -0.15) is 0 Å². The number of benzene rings is 1. The predicted octanol–water partition coefficient (Wildman–Crippen LogP) is 1.06. The fraction of sp³-hybridized carbons (Fsp3) is 0.500. The van der Waals surface area contributed by atoms with Gasteiger partial charge in [0.2, 0.25) is 5.91 Å². The van der Waals surface area contributed by atoms with Gasteiger partial charge in [-0.1, -0.05) is 12.1 Å². The molecule has 1 aromatic rings. The van der Waals surface area contributed by atoms with E-state index in [0.29, 0.717) is 13.2 Å². The van der Waals surface area contributed by atoms with Gasteiger partial charge in [-0.3, -0.25) is 9.59 Å². The molecule has 6 nitrogen and oxygen atoms in total. The molecule has 0 aliphatic carbocycles. The molecule has 1 saturated heterocycles. The average molecular weight is 306 g/mol. The number of ether oxygens (including phenoxy) is 1. The lowest BCUT2D eigenvalue weighted by Gasteiger charge is -2.17. The van der Waals surface area contributed by atoms with E-state index in [0.717, 1.165) is 17.9 Å². The van der Waals surface area contributed by atoms with Crippen LogP contribution in [0.3, 0.4) is 0 Å². The number of nitrogens with zero attached hydrogens (tertiary/aromatic N) is 2. The highest BCUT2D eigenvalue weighted by molar-refractivity contribution is 5.86. The summed E-state index contributed by atoms with van der Waals surface area (Å²) in [6, 6.07) is 7.58.